The number of ether oxygens (including phenoxy) is 3. The van der Waals surface area contributed by atoms with Gasteiger partial charge in [0.15, 0.2) is 0 Å². The lowest BCUT2D eigenvalue weighted by atomic mass is 9.58. The van der Waals surface area contributed by atoms with Crippen molar-refractivity contribution in [3.8, 4) is 0 Å². The quantitative estimate of drug-likeness (QED) is 0.413. The summed E-state index contributed by atoms with van der Waals surface area (Å²) in [4.78, 5) is 33.9. The normalized spacial score (nSPS) is 46.7. The summed E-state index contributed by atoms with van der Waals surface area (Å²) in [7, 11) is 1.40. The molecular weight excluding hydrogens is 204 g/mol. The number of carbonyl (C=O) groups excluding carboxylic acids is 3. The van der Waals surface area contributed by atoms with Crippen molar-refractivity contribution in [3.63, 3.8) is 0 Å². The molecule has 6 nitrogen and oxygen atoms in total. The Kier molecular flexibility index (Phi) is 1.52. The second-order valence-electron chi connectivity index (χ2n) is 3.94. The molecule has 0 spiro atoms. The molecule has 3 rings (SSSR count). The zero-order valence-corrected chi connectivity index (χ0v) is 7.84. The predicted octanol–water partition coefficient (Wildman–Crippen LogP) is -0.923. The predicted molar refractivity (Wildman–Crippen MR) is 41.9 cm³/mol. The van der Waals surface area contributed by atoms with Crippen LogP contribution >= 0.6 is 0 Å². The van der Waals surface area contributed by atoms with Gasteiger partial charge in [0.2, 0.25) is 6.29 Å². The highest BCUT2D eigenvalue weighted by Gasteiger charge is 2.72. The van der Waals surface area contributed by atoms with Crippen molar-refractivity contribution in [2.45, 2.75) is 6.29 Å². The lowest BCUT2D eigenvalue weighted by Crippen LogP contribution is -2.51. The van der Waals surface area contributed by atoms with Crippen LogP contribution in [-0.4, -0.2) is 31.3 Å². The van der Waals surface area contributed by atoms with Crippen LogP contribution in [0.2, 0.25) is 0 Å². The highest BCUT2D eigenvalue weighted by atomic mass is 16.7. The number of rotatable bonds is 1. The summed E-state index contributed by atoms with van der Waals surface area (Å²) in [6.07, 6.45) is -0.720. The Hall–Kier alpha value is -1.43. The molecule has 3 fully saturated rings. The van der Waals surface area contributed by atoms with Crippen molar-refractivity contribution < 1.29 is 28.6 Å². The van der Waals surface area contributed by atoms with E-state index in [0.717, 1.165) is 0 Å². The van der Waals surface area contributed by atoms with Crippen LogP contribution in [0.15, 0.2) is 0 Å². The van der Waals surface area contributed by atoms with Gasteiger partial charge in [0.05, 0.1) is 17.8 Å². The van der Waals surface area contributed by atoms with Gasteiger partial charge in [-0.3, -0.25) is 14.4 Å². The van der Waals surface area contributed by atoms with E-state index in [1.807, 2.05) is 0 Å². The first kappa shape index (κ1) is 8.84. The second kappa shape index (κ2) is 2.57. The molecule has 1 saturated carbocycles. The summed E-state index contributed by atoms with van der Waals surface area (Å²) in [5, 5.41) is 0. The molecule has 80 valence electrons. The molecule has 2 aliphatic heterocycles. The molecule has 1 aliphatic carbocycles. The van der Waals surface area contributed by atoms with E-state index in [1.54, 1.807) is 0 Å². The smallest absolute Gasteiger partial charge is 0.318 e. The molecule has 0 radical (unpaired) electrons. The molecule has 3 aliphatic rings. The summed E-state index contributed by atoms with van der Waals surface area (Å²) in [5.41, 5.74) is 0. The number of hydrogen-bond acceptors (Lipinski definition) is 6. The zero-order chi connectivity index (χ0) is 10.7. The third-order valence-corrected chi connectivity index (χ3v) is 3.40. The maximum atomic E-state index is 11.4. The average Bonchev–Trinajstić information content (AvgIpc) is 2.49. The van der Waals surface area contributed by atoms with E-state index in [1.165, 1.54) is 7.11 Å². The van der Waals surface area contributed by atoms with Crippen molar-refractivity contribution in [3.05, 3.63) is 0 Å². The maximum absolute atomic E-state index is 11.4. The number of hydrogen-bond donors (Lipinski definition) is 0. The van der Waals surface area contributed by atoms with Crippen LogP contribution in [0.5, 0.6) is 0 Å². The van der Waals surface area contributed by atoms with Gasteiger partial charge in [0.25, 0.3) is 0 Å². The van der Waals surface area contributed by atoms with Gasteiger partial charge in [-0.25, -0.2) is 0 Å². The molecule has 2 saturated heterocycles. The van der Waals surface area contributed by atoms with Crippen molar-refractivity contribution in [1.29, 1.82) is 0 Å². The number of fused-ring (bicyclic) bond motifs is 4. The molecule has 0 aromatic rings. The van der Waals surface area contributed by atoms with E-state index in [4.69, 9.17) is 9.47 Å². The molecule has 0 bridgehead atoms. The molecule has 15 heavy (non-hydrogen) atoms. The number of methoxy groups -OCH3 is 1. The van der Waals surface area contributed by atoms with Crippen molar-refractivity contribution in [1.82, 2.24) is 0 Å². The number of esters is 3. The monoisotopic (exact) mass is 212 g/mol. The van der Waals surface area contributed by atoms with Crippen molar-refractivity contribution >= 4 is 17.9 Å². The third kappa shape index (κ3) is 0.853. The summed E-state index contributed by atoms with van der Waals surface area (Å²) in [5.74, 6) is -3.76. The van der Waals surface area contributed by atoms with Gasteiger partial charge in [-0.2, -0.15) is 0 Å². The summed E-state index contributed by atoms with van der Waals surface area (Å²) in [6.45, 7) is 0. The van der Waals surface area contributed by atoms with Gasteiger partial charge in [0, 0.05) is 13.0 Å². The number of cyclic esters (lactones) is 3. The fraction of sp³-hybridized carbons (Fsp3) is 0.667. The van der Waals surface area contributed by atoms with Gasteiger partial charge in [-0.1, -0.05) is 0 Å². The Labute approximate surface area is 84.5 Å². The standard InChI is InChI=1S/C9H8O6/c1-13-9-5-3-2(4(5)8(12)15-9)6(10)14-7(3)11/h2-5,9H,1H3. The number of carbonyl (C=O) groups is 3. The van der Waals surface area contributed by atoms with Crippen LogP contribution in [0.1, 0.15) is 0 Å². The third-order valence-electron chi connectivity index (χ3n) is 3.40. The Morgan fingerprint density at radius 1 is 1.00 bits per heavy atom. The van der Waals surface area contributed by atoms with E-state index >= 15 is 0 Å². The zero-order valence-electron chi connectivity index (χ0n) is 7.84. The summed E-state index contributed by atoms with van der Waals surface area (Å²) in [6, 6.07) is 0. The minimum atomic E-state index is -0.720. The fourth-order valence-electron chi connectivity index (χ4n) is 2.73. The molecule has 6 heteroatoms. The molecule has 5 unspecified atom stereocenters. The topological polar surface area (TPSA) is 78.9 Å². The molecule has 0 N–H and O–H groups in total. The Balaban J connectivity index is 1.95. The summed E-state index contributed by atoms with van der Waals surface area (Å²) < 4.78 is 14.3. The van der Waals surface area contributed by atoms with Crippen molar-refractivity contribution in [2.24, 2.45) is 23.7 Å². The van der Waals surface area contributed by atoms with E-state index in [0.29, 0.717) is 0 Å². The SMILES string of the molecule is COC1OC(=O)C2C3C(=O)OC(=O)C3C12. The largest absolute Gasteiger partial charge is 0.435 e. The first-order valence-electron chi connectivity index (χ1n) is 4.64. The molecule has 0 aromatic heterocycles. The molecule has 0 amide bonds. The first-order valence-corrected chi connectivity index (χ1v) is 4.64. The minimum Gasteiger partial charge on any atom is -0.435 e. The van der Waals surface area contributed by atoms with Gasteiger partial charge in [-0.05, 0) is 0 Å². The second-order valence-corrected chi connectivity index (χ2v) is 3.94. The lowest BCUT2D eigenvalue weighted by molar-refractivity contribution is -0.166. The van der Waals surface area contributed by atoms with Gasteiger partial charge in [-0.15, -0.1) is 0 Å². The molecule has 5 atom stereocenters. The fourth-order valence-corrected chi connectivity index (χ4v) is 2.73. The lowest BCUT2D eigenvalue weighted by Gasteiger charge is -2.37. The van der Waals surface area contributed by atoms with Crippen LogP contribution in [0, 0.1) is 23.7 Å². The van der Waals surface area contributed by atoms with E-state index < -0.39 is 42.0 Å². The van der Waals surface area contributed by atoms with Crippen LogP contribution in [0.4, 0.5) is 0 Å². The van der Waals surface area contributed by atoms with Gasteiger partial charge in [0.1, 0.15) is 0 Å². The first-order chi connectivity index (χ1) is 7.15. The van der Waals surface area contributed by atoms with E-state index in [9.17, 15) is 14.4 Å². The average molecular weight is 212 g/mol. The minimum absolute atomic E-state index is 0.355. The summed E-state index contributed by atoms with van der Waals surface area (Å²) >= 11 is 0. The highest BCUT2D eigenvalue weighted by molar-refractivity contribution is 6.02. The van der Waals surface area contributed by atoms with Crippen LogP contribution < -0.4 is 0 Å². The van der Waals surface area contributed by atoms with Crippen LogP contribution in [0.25, 0.3) is 0 Å². The Bertz CT molecular complexity index is 369. The maximum Gasteiger partial charge on any atom is 0.318 e. The van der Waals surface area contributed by atoms with Crippen LogP contribution in [-0.2, 0) is 28.6 Å². The Morgan fingerprint density at radius 3 is 2.27 bits per heavy atom. The molecular formula is C9H8O6. The van der Waals surface area contributed by atoms with E-state index in [-0.39, 0.29) is 5.92 Å². The Morgan fingerprint density at radius 2 is 1.60 bits per heavy atom. The molecule has 2 heterocycles. The van der Waals surface area contributed by atoms with Gasteiger partial charge < -0.3 is 14.2 Å². The highest BCUT2D eigenvalue weighted by Crippen LogP contribution is 2.56. The van der Waals surface area contributed by atoms with Gasteiger partial charge >= 0.3 is 17.9 Å². The molecule has 0 aromatic carbocycles. The van der Waals surface area contributed by atoms with Crippen molar-refractivity contribution in [2.75, 3.05) is 7.11 Å². The van der Waals surface area contributed by atoms with Crippen LogP contribution in [0.3, 0.4) is 0 Å². The van der Waals surface area contributed by atoms with E-state index in [2.05, 4.69) is 4.74 Å².